The lowest BCUT2D eigenvalue weighted by molar-refractivity contribution is 0.0946. The molecule has 0 aliphatic rings. The molecule has 2 aromatic carbocycles. The molecule has 4 aromatic heterocycles. The highest BCUT2D eigenvalue weighted by Gasteiger charge is 2.19. The van der Waals surface area contributed by atoms with Crippen LogP contribution in [0.3, 0.4) is 0 Å². The number of aromatic nitrogens is 5. The van der Waals surface area contributed by atoms with Crippen molar-refractivity contribution in [3.05, 3.63) is 120 Å². The first-order valence-electron chi connectivity index (χ1n) is 12.5. The topological polar surface area (TPSA) is 135 Å². The van der Waals surface area contributed by atoms with Gasteiger partial charge in [0.15, 0.2) is 11.5 Å². The van der Waals surface area contributed by atoms with Crippen LogP contribution in [0.5, 0.6) is 0 Å². The number of fused-ring (bicyclic) bond motifs is 1. The number of benzene rings is 2. The molecule has 9 heteroatoms. The minimum atomic E-state index is -0.318. The lowest BCUT2D eigenvalue weighted by Crippen LogP contribution is -2.23. The molecule has 9 nitrogen and oxygen atoms in total. The Morgan fingerprint density at radius 1 is 0.900 bits per heavy atom. The molecule has 0 atom stereocenters. The van der Waals surface area contributed by atoms with Crippen molar-refractivity contribution in [3.63, 3.8) is 0 Å². The quantitative estimate of drug-likeness (QED) is 0.317. The van der Waals surface area contributed by atoms with Crippen LogP contribution in [0.1, 0.15) is 21.6 Å². The summed E-state index contributed by atoms with van der Waals surface area (Å²) in [4.78, 5) is 30.7. The molecule has 6 aromatic rings. The fourth-order valence-corrected chi connectivity index (χ4v) is 4.39. The summed E-state index contributed by atoms with van der Waals surface area (Å²) in [7, 11) is 0. The van der Waals surface area contributed by atoms with Crippen molar-refractivity contribution in [3.8, 4) is 34.4 Å². The Kier molecular flexibility index (Phi) is 6.40. The second-order valence-electron chi connectivity index (χ2n) is 9.01. The minimum Gasteiger partial charge on any atom is -0.383 e. The molecule has 6 rings (SSSR count). The molecule has 0 saturated heterocycles. The molecule has 0 bridgehead atoms. The largest absolute Gasteiger partial charge is 0.383 e. The first-order chi connectivity index (χ1) is 19.6. The average Bonchev–Trinajstić information content (AvgIpc) is 3.39. The van der Waals surface area contributed by atoms with Gasteiger partial charge in [0.05, 0.1) is 16.8 Å². The number of rotatable bonds is 6. The molecule has 0 saturated carbocycles. The highest BCUT2D eigenvalue weighted by molar-refractivity contribution is 5.92. The number of hydrogen-bond donors (Lipinski definition) is 2. The fourth-order valence-electron chi connectivity index (χ4n) is 4.39. The van der Waals surface area contributed by atoms with Gasteiger partial charge in [0.1, 0.15) is 23.1 Å². The first kappa shape index (κ1) is 24.5. The molecule has 0 fully saturated rings. The molecule has 0 aliphatic carbocycles. The van der Waals surface area contributed by atoms with Crippen LogP contribution < -0.4 is 11.1 Å². The van der Waals surface area contributed by atoms with Crippen LogP contribution in [0.2, 0.25) is 0 Å². The van der Waals surface area contributed by atoms with E-state index in [9.17, 15) is 4.79 Å². The number of hydrogen-bond acceptors (Lipinski definition) is 7. The van der Waals surface area contributed by atoms with Crippen molar-refractivity contribution in [1.29, 1.82) is 5.26 Å². The Morgan fingerprint density at radius 2 is 1.73 bits per heavy atom. The number of nitrogens with two attached hydrogens (primary N) is 1. The van der Waals surface area contributed by atoms with Crippen LogP contribution in [0, 0.1) is 11.3 Å². The number of nitrogen functional groups attached to an aromatic ring is 1. The number of anilines is 1. The number of nitriles is 1. The van der Waals surface area contributed by atoms with Crippen LogP contribution in [0.4, 0.5) is 5.82 Å². The monoisotopic (exact) mass is 522 g/mol. The maximum Gasteiger partial charge on any atom is 0.270 e. The van der Waals surface area contributed by atoms with E-state index in [1.54, 1.807) is 12.3 Å². The summed E-state index contributed by atoms with van der Waals surface area (Å²) in [6, 6.07) is 30.5. The van der Waals surface area contributed by atoms with E-state index in [0.717, 1.165) is 28.0 Å². The van der Waals surface area contributed by atoms with E-state index in [4.69, 9.17) is 21.0 Å². The molecular formula is C31H22N8O. The third kappa shape index (κ3) is 4.73. The van der Waals surface area contributed by atoms with Crippen molar-refractivity contribution in [2.45, 2.75) is 6.54 Å². The van der Waals surface area contributed by atoms with E-state index in [0.29, 0.717) is 35.0 Å². The van der Waals surface area contributed by atoms with Crippen LogP contribution in [0.15, 0.2) is 103 Å². The third-order valence-electron chi connectivity index (χ3n) is 6.43. The van der Waals surface area contributed by atoms with Gasteiger partial charge in [0.2, 0.25) is 0 Å². The number of amides is 1. The van der Waals surface area contributed by atoms with E-state index >= 15 is 0 Å². The Balaban J connectivity index is 1.35. The summed E-state index contributed by atoms with van der Waals surface area (Å²) in [5.41, 5.74) is 12.6. The van der Waals surface area contributed by atoms with Gasteiger partial charge in [0, 0.05) is 30.2 Å². The molecule has 192 valence electrons. The van der Waals surface area contributed by atoms with Crippen molar-refractivity contribution >= 4 is 22.9 Å². The van der Waals surface area contributed by atoms with Gasteiger partial charge in [-0.2, -0.15) is 5.26 Å². The zero-order valence-corrected chi connectivity index (χ0v) is 21.2. The summed E-state index contributed by atoms with van der Waals surface area (Å²) in [6.45, 7) is 0.310. The van der Waals surface area contributed by atoms with Gasteiger partial charge in [-0.25, -0.2) is 19.9 Å². The Morgan fingerprint density at radius 3 is 2.45 bits per heavy atom. The SMILES string of the molecule is N#Cc1ccc(C(=O)NCc2ccc(-n3c(-c4cccnc4N)nc4ccc(-c5ccccc5)nc43)cc2)nc1. The molecular weight excluding hydrogens is 500 g/mol. The Labute approximate surface area is 229 Å². The Hall–Kier alpha value is -5.88. The summed E-state index contributed by atoms with van der Waals surface area (Å²) in [5, 5.41) is 11.8. The van der Waals surface area contributed by atoms with Crippen molar-refractivity contribution in [2.75, 3.05) is 5.73 Å². The third-order valence-corrected chi connectivity index (χ3v) is 6.43. The molecule has 0 radical (unpaired) electrons. The summed E-state index contributed by atoms with van der Waals surface area (Å²) >= 11 is 0. The van der Waals surface area contributed by atoms with Gasteiger partial charge in [0.25, 0.3) is 5.91 Å². The van der Waals surface area contributed by atoms with Gasteiger partial charge >= 0.3 is 0 Å². The van der Waals surface area contributed by atoms with Crippen LogP contribution >= 0.6 is 0 Å². The van der Waals surface area contributed by atoms with Gasteiger partial charge in [-0.15, -0.1) is 0 Å². The minimum absolute atomic E-state index is 0.250. The lowest BCUT2D eigenvalue weighted by Gasteiger charge is -2.12. The number of carbonyl (C=O) groups is 1. The average molecular weight is 523 g/mol. The first-order valence-corrected chi connectivity index (χ1v) is 12.5. The molecule has 0 spiro atoms. The van der Waals surface area contributed by atoms with Crippen molar-refractivity contribution in [2.24, 2.45) is 0 Å². The van der Waals surface area contributed by atoms with Crippen LogP contribution in [-0.2, 0) is 6.54 Å². The number of imidazole rings is 1. The van der Waals surface area contributed by atoms with E-state index < -0.39 is 0 Å². The van der Waals surface area contributed by atoms with Crippen LogP contribution in [-0.4, -0.2) is 30.4 Å². The van der Waals surface area contributed by atoms with Gasteiger partial charge < -0.3 is 11.1 Å². The second kappa shape index (κ2) is 10.5. The number of nitrogens with one attached hydrogen (secondary N) is 1. The normalized spacial score (nSPS) is 10.8. The van der Waals surface area contributed by atoms with E-state index in [2.05, 4.69) is 15.3 Å². The van der Waals surface area contributed by atoms with E-state index in [-0.39, 0.29) is 11.6 Å². The van der Waals surface area contributed by atoms with E-state index in [1.165, 1.54) is 12.3 Å². The number of nitrogens with zero attached hydrogens (tertiary/aromatic N) is 6. The number of pyridine rings is 3. The van der Waals surface area contributed by atoms with Gasteiger partial charge in [-0.05, 0) is 54.1 Å². The molecule has 40 heavy (non-hydrogen) atoms. The molecule has 3 N–H and O–H groups in total. The molecule has 0 aliphatic heterocycles. The summed E-state index contributed by atoms with van der Waals surface area (Å²) < 4.78 is 1.97. The second-order valence-corrected chi connectivity index (χ2v) is 9.01. The summed E-state index contributed by atoms with van der Waals surface area (Å²) in [6.07, 6.45) is 3.02. The molecule has 1 amide bonds. The van der Waals surface area contributed by atoms with Gasteiger partial charge in [-0.1, -0.05) is 42.5 Å². The van der Waals surface area contributed by atoms with Gasteiger partial charge in [-0.3, -0.25) is 9.36 Å². The smallest absolute Gasteiger partial charge is 0.270 e. The molecule has 0 unspecified atom stereocenters. The predicted octanol–water partition coefficient (Wildman–Crippen LogP) is 4.93. The standard InChI is InChI=1S/C31H22N8O/c32-17-21-10-13-27(35-19-21)31(40)36-18-20-8-11-23(12-9-20)39-29(24-7-4-16-34-28(24)33)38-26-15-14-25(37-30(26)39)22-5-2-1-3-6-22/h1-16,19H,18H2,(H2,33,34)(H,36,40). The lowest BCUT2D eigenvalue weighted by atomic mass is 10.1. The van der Waals surface area contributed by atoms with Crippen molar-refractivity contribution < 1.29 is 4.79 Å². The predicted molar refractivity (Wildman–Crippen MR) is 152 cm³/mol. The fraction of sp³-hybridized carbons (Fsp3) is 0.0323. The van der Waals surface area contributed by atoms with Crippen LogP contribution in [0.25, 0.3) is 39.5 Å². The zero-order valence-electron chi connectivity index (χ0n) is 21.2. The van der Waals surface area contributed by atoms with E-state index in [1.807, 2.05) is 89.5 Å². The highest BCUT2D eigenvalue weighted by Crippen LogP contribution is 2.31. The zero-order chi connectivity index (χ0) is 27.5. The van der Waals surface area contributed by atoms with Crippen molar-refractivity contribution in [1.82, 2.24) is 29.8 Å². The number of carbonyl (C=O) groups excluding carboxylic acids is 1. The maximum atomic E-state index is 12.5. The molecule has 4 heterocycles. The summed E-state index contributed by atoms with van der Waals surface area (Å²) in [5.74, 6) is 0.686. The Bertz CT molecular complexity index is 1870. The maximum absolute atomic E-state index is 12.5. The highest BCUT2D eigenvalue weighted by atomic mass is 16.1.